The molecule has 0 spiro atoms. The first kappa shape index (κ1) is 16.9. The van der Waals surface area contributed by atoms with Gasteiger partial charge in [-0.05, 0) is 63.7 Å². The highest BCUT2D eigenvalue weighted by Crippen LogP contribution is 2.28. The third kappa shape index (κ3) is 4.77. The molecule has 1 aromatic rings. The Morgan fingerprint density at radius 1 is 1.24 bits per heavy atom. The van der Waals surface area contributed by atoms with Gasteiger partial charge in [0.25, 0.3) is 0 Å². The van der Waals surface area contributed by atoms with Crippen LogP contribution in [0.25, 0.3) is 0 Å². The molecule has 1 aliphatic carbocycles. The average molecular weight is 331 g/mol. The molecule has 4 nitrogen and oxygen atoms in total. The molecule has 0 bridgehead atoms. The average Bonchev–Trinajstić information content (AvgIpc) is 2.95. The summed E-state index contributed by atoms with van der Waals surface area (Å²) in [4.78, 5) is 1.11. The Labute approximate surface area is 132 Å². The summed E-state index contributed by atoms with van der Waals surface area (Å²) in [7, 11) is -1.44. The predicted molar refractivity (Wildman–Crippen MR) is 88.3 cm³/mol. The van der Waals surface area contributed by atoms with E-state index < -0.39 is 10.0 Å². The maximum atomic E-state index is 12.4. The molecular weight excluding hydrogens is 304 g/mol. The van der Waals surface area contributed by atoms with E-state index >= 15 is 0 Å². The molecule has 2 rings (SSSR count). The zero-order valence-corrected chi connectivity index (χ0v) is 14.5. The van der Waals surface area contributed by atoms with Crippen LogP contribution in [-0.4, -0.2) is 28.1 Å². The Balaban J connectivity index is 1.94. The van der Waals surface area contributed by atoms with Crippen molar-refractivity contribution < 1.29 is 8.42 Å². The van der Waals surface area contributed by atoms with Crippen molar-refractivity contribution in [1.29, 1.82) is 0 Å². The molecule has 1 fully saturated rings. The molecule has 0 atom stereocenters. The van der Waals surface area contributed by atoms with E-state index in [4.69, 9.17) is 0 Å². The molecule has 2 N–H and O–H groups in total. The van der Waals surface area contributed by atoms with Crippen LogP contribution in [-0.2, 0) is 16.4 Å². The number of nitrogens with one attached hydrogen (secondary N) is 2. The number of rotatable bonds is 7. The van der Waals surface area contributed by atoms with Crippen molar-refractivity contribution in [3.8, 4) is 0 Å². The maximum Gasteiger partial charge on any atom is 0.250 e. The van der Waals surface area contributed by atoms with E-state index in [9.17, 15) is 8.42 Å². The van der Waals surface area contributed by atoms with Crippen LogP contribution in [0, 0.1) is 5.92 Å². The van der Waals surface area contributed by atoms with Crippen molar-refractivity contribution in [2.24, 2.45) is 5.92 Å². The van der Waals surface area contributed by atoms with Gasteiger partial charge in [0, 0.05) is 10.9 Å². The van der Waals surface area contributed by atoms with Crippen molar-refractivity contribution in [3.63, 3.8) is 0 Å². The lowest BCUT2D eigenvalue weighted by Gasteiger charge is -2.27. The fourth-order valence-electron chi connectivity index (χ4n) is 2.85. The van der Waals surface area contributed by atoms with Gasteiger partial charge in [0.05, 0.1) is 0 Å². The van der Waals surface area contributed by atoms with Gasteiger partial charge < -0.3 is 5.32 Å². The second-order valence-corrected chi connectivity index (χ2v) is 8.93. The maximum absolute atomic E-state index is 12.4. The summed E-state index contributed by atoms with van der Waals surface area (Å²) in [6, 6.07) is 3.76. The van der Waals surface area contributed by atoms with E-state index in [1.165, 1.54) is 17.8 Å². The van der Waals surface area contributed by atoms with Crippen molar-refractivity contribution in [3.05, 3.63) is 17.0 Å². The largest absolute Gasteiger partial charge is 0.319 e. The molecule has 21 heavy (non-hydrogen) atoms. The van der Waals surface area contributed by atoms with Crippen LogP contribution in [0.4, 0.5) is 0 Å². The first-order valence-electron chi connectivity index (χ1n) is 7.80. The standard InChI is InChI=1S/C15H26N2O2S2/c1-3-12-4-6-13(7-5-12)17-21(18,19)15-9-8-14(20-15)10-11-16-2/h8-9,12-13,16-17H,3-7,10-11H2,1-2H3. The SMILES string of the molecule is CCC1CCC(NS(=O)(=O)c2ccc(CCNC)s2)CC1. The zero-order valence-electron chi connectivity index (χ0n) is 12.9. The lowest BCUT2D eigenvalue weighted by atomic mass is 9.85. The second-order valence-electron chi connectivity index (χ2n) is 5.82. The van der Waals surface area contributed by atoms with E-state index in [1.54, 1.807) is 6.07 Å². The third-order valence-electron chi connectivity index (χ3n) is 4.27. The topological polar surface area (TPSA) is 58.2 Å². The van der Waals surface area contributed by atoms with Crippen LogP contribution >= 0.6 is 11.3 Å². The molecule has 0 amide bonds. The minimum atomic E-state index is -3.34. The Kier molecular flexibility index (Phi) is 6.22. The fraction of sp³-hybridized carbons (Fsp3) is 0.733. The van der Waals surface area contributed by atoms with E-state index in [1.807, 2.05) is 13.1 Å². The monoisotopic (exact) mass is 330 g/mol. The molecule has 0 radical (unpaired) electrons. The lowest BCUT2D eigenvalue weighted by molar-refractivity contribution is 0.306. The van der Waals surface area contributed by atoms with Crippen molar-refractivity contribution in [1.82, 2.24) is 10.0 Å². The Bertz CT molecular complexity index is 532. The fourth-order valence-corrected chi connectivity index (χ4v) is 5.53. The Hall–Kier alpha value is -0.430. The normalized spacial score (nSPS) is 23.3. The molecule has 0 saturated heterocycles. The number of hydrogen-bond acceptors (Lipinski definition) is 4. The van der Waals surface area contributed by atoms with E-state index in [2.05, 4.69) is 17.0 Å². The van der Waals surface area contributed by atoms with E-state index in [0.717, 1.165) is 49.4 Å². The van der Waals surface area contributed by atoms with Gasteiger partial charge in [0.15, 0.2) is 0 Å². The van der Waals surface area contributed by atoms with Gasteiger partial charge in [0.2, 0.25) is 10.0 Å². The quantitative estimate of drug-likeness (QED) is 0.808. The number of likely N-dealkylation sites (N-methyl/N-ethyl adjacent to an activating group) is 1. The van der Waals surface area contributed by atoms with Crippen molar-refractivity contribution in [2.75, 3.05) is 13.6 Å². The summed E-state index contributed by atoms with van der Waals surface area (Å²) < 4.78 is 28.2. The van der Waals surface area contributed by atoms with Gasteiger partial charge in [0.1, 0.15) is 4.21 Å². The molecular formula is C15H26N2O2S2. The molecule has 120 valence electrons. The summed E-state index contributed by atoms with van der Waals surface area (Å²) in [5.74, 6) is 0.778. The molecule has 0 aliphatic heterocycles. The first-order valence-corrected chi connectivity index (χ1v) is 10.1. The van der Waals surface area contributed by atoms with Gasteiger partial charge in [-0.1, -0.05) is 13.3 Å². The molecule has 1 heterocycles. The highest BCUT2D eigenvalue weighted by atomic mass is 32.2. The minimum absolute atomic E-state index is 0.112. The number of hydrogen-bond donors (Lipinski definition) is 2. The minimum Gasteiger partial charge on any atom is -0.319 e. The summed E-state index contributed by atoms with van der Waals surface area (Å²) >= 11 is 1.38. The predicted octanol–water partition coefficient (Wildman–Crippen LogP) is 2.76. The summed E-state index contributed by atoms with van der Waals surface area (Å²) in [6.07, 6.45) is 6.30. The Morgan fingerprint density at radius 2 is 1.95 bits per heavy atom. The van der Waals surface area contributed by atoms with Crippen molar-refractivity contribution >= 4 is 21.4 Å². The molecule has 1 aliphatic rings. The van der Waals surface area contributed by atoms with E-state index in [-0.39, 0.29) is 6.04 Å². The number of sulfonamides is 1. The molecule has 0 unspecified atom stereocenters. The summed E-state index contributed by atoms with van der Waals surface area (Å²) in [5.41, 5.74) is 0. The Morgan fingerprint density at radius 3 is 2.57 bits per heavy atom. The molecule has 1 aromatic heterocycles. The van der Waals surface area contributed by atoms with Crippen LogP contribution in [0.3, 0.4) is 0 Å². The van der Waals surface area contributed by atoms with Crippen LogP contribution in [0.5, 0.6) is 0 Å². The van der Waals surface area contributed by atoms with Crippen molar-refractivity contribution in [2.45, 2.75) is 55.7 Å². The highest BCUT2D eigenvalue weighted by molar-refractivity contribution is 7.91. The first-order chi connectivity index (χ1) is 10.0. The van der Waals surface area contributed by atoms with Gasteiger partial charge in [-0.25, -0.2) is 13.1 Å². The molecule has 0 aromatic carbocycles. The summed E-state index contributed by atoms with van der Waals surface area (Å²) in [6.45, 7) is 3.09. The van der Waals surface area contributed by atoms with Crippen LogP contribution < -0.4 is 10.0 Å². The highest BCUT2D eigenvalue weighted by Gasteiger charge is 2.25. The third-order valence-corrected chi connectivity index (χ3v) is 7.43. The smallest absolute Gasteiger partial charge is 0.250 e. The number of thiophene rings is 1. The van der Waals surface area contributed by atoms with Crippen LogP contribution in [0.1, 0.15) is 43.9 Å². The van der Waals surface area contributed by atoms with E-state index in [0.29, 0.717) is 4.21 Å². The lowest BCUT2D eigenvalue weighted by Crippen LogP contribution is -2.37. The summed E-state index contributed by atoms with van der Waals surface area (Å²) in [5, 5.41) is 3.08. The van der Waals surface area contributed by atoms with Crippen LogP contribution in [0.2, 0.25) is 0 Å². The van der Waals surface area contributed by atoms with Gasteiger partial charge in [-0.3, -0.25) is 0 Å². The van der Waals surface area contributed by atoms with Gasteiger partial charge >= 0.3 is 0 Å². The zero-order chi connectivity index (χ0) is 15.3. The molecule has 1 saturated carbocycles. The second kappa shape index (κ2) is 7.72. The van der Waals surface area contributed by atoms with Gasteiger partial charge in [-0.2, -0.15) is 0 Å². The molecule has 6 heteroatoms. The van der Waals surface area contributed by atoms with Gasteiger partial charge in [-0.15, -0.1) is 11.3 Å². The van der Waals surface area contributed by atoms with Crippen LogP contribution in [0.15, 0.2) is 16.3 Å².